The van der Waals surface area contributed by atoms with Gasteiger partial charge in [-0.05, 0) is 80.3 Å². The van der Waals surface area contributed by atoms with Gasteiger partial charge in [0.15, 0.2) is 0 Å². The summed E-state index contributed by atoms with van der Waals surface area (Å²) in [6.45, 7) is 4.94. The molecular weight excluding hydrogens is 449 g/mol. The minimum atomic E-state index is -0.868. The first-order valence-corrected chi connectivity index (χ1v) is 11.2. The van der Waals surface area contributed by atoms with E-state index < -0.39 is 12.1 Å². The van der Waals surface area contributed by atoms with E-state index in [4.69, 9.17) is 21.4 Å². The lowest BCUT2D eigenvalue weighted by molar-refractivity contribution is -0.136. The van der Waals surface area contributed by atoms with Crippen LogP contribution in [0.25, 0.3) is 0 Å². The third-order valence-electron chi connectivity index (χ3n) is 5.82. The number of aryl methyl sites for hydroxylation is 1. The van der Waals surface area contributed by atoms with Crippen molar-refractivity contribution in [2.75, 3.05) is 13.2 Å². The van der Waals surface area contributed by atoms with E-state index in [2.05, 4.69) is 43.4 Å². The molecule has 0 aromatic heterocycles. The summed E-state index contributed by atoms with van der Waals surface area (Å²) < 4.78 is 5.72. The maximum absolute atomic E-state index is 10.8. The molecule has 0 saturated carbocycles. The van der Waals surface area contributed by atoms with Gasteiger partial charge in [-0.15, -0.1) is 12.4 Å². The second kappa shape index (κ2) is 11.9. The molecule has 5 nitrogen and oxygen atoms in total. The van der Waals surface area contributed by atoms with Crippen molar-refractivity contribution < 1.29 is 19.7 Å². The molecule has 0 unspecified atom stereocenters. The van der Waals surface area contributed by atoms with Crippen LogP contribution in [0.15, 0.2) is 42.5 Å². The fourth-order valence-electron chi connectivity index (χ4n) is 4.31. The number of nitrogens with one attached hydrogen (secondary N) is 1. The van der Waals surface area contributed by atoms with Gasteiger partial charge in [0.1, 0.15) is 18.5 Å². The third-order valence-corrected chi connectivity index (χ3v) is 6.19. The van der Waals surface area contributed by atoms with E-state index in [1.54, 1.807) is 18.2 Å². The highest BCUT2D eigenvalue weighted by Gasteiger charge is 2.28. The molecule has 1 aliphatic carbocycles. The van der Waals surface area contributed by atoms with E-state index >= 15 is 0 Å². The number of ether oxygens (including phenoxy) is 1. The highest BCUT2D eigenvalue weighted by Crippen LogP contribution is 2.32. The summed E-state index contributed by atoms with van der Waals surface area (Å²) >= 11 is 6.13. The first-order valence-electron chi connectivity index (χ1n) is 10.8. The molecule has 0 saturated heterocycles. The van der Waals surface area contributed by atoms with Crippen molar-refractivity contribution in [3.63, 3.8) is 0 Å². The van der Waals surface area contributed by atoms with Gasteiger partial charge in [0.25, 0.3) is 0 Å². The SMILES string of the molecule is CC(C)(CC1Cc2ccccc2C1)NC[C@@H](O)COc1ccc(Cl)c(CCC(=O)O)c1.Cl. The van der Waals surface area contributed by atoms with Crippen molar-refractivity contribution >= 4 is 30.0 Å². The molecular formula is C25H33Cl2NO4. The number of aliphatic hydroxyl groups excluding tert-OH is 1. The molecule has 1 aliphatic rings. The molecule has 2 aromatic rings. The normalized spacial score (nSPS) is 14.5. The summed E-state index contributed by atoms with van der Waals surface area (Å²) in [5.41, 5.74) is 3.57. The molecule has 1 atom stereocenters. The minimum absolute atomic E-state index is 0. The maximum atomic E-state index is 10.8. The molecule has 7 heteroatoms. The van der Waals surface area contributed by atoms with Gasteiger partial charge in [0.2, 0.25) is 0 Å². The van der Waals surface area contributed by atoms with Crippen LogP contribution in [0.3, 0.4) is 0 Å². The van der Waals surface area contributed by atoms with Crippen molar-refractivity contribution in [3.05, 3.63) is 64.2 Å². The van der Waals surface area contributed by atoms with E-state index in [0.717, 1.165) is 24.8 Å². The number of aliphatic hydroxyl groups is 1. The summed E-state index contributed by atoms with van der Waals surface area (Å²) in [6, 6.07) is 13.8. The fourth-order valence-corrected chi connectivity index (χ4v) is 4.52. The second-order valence-corrected chi connectivity index (χ2v) is 9.53. The molecule has 2 aromatic carbocycles. The average Bonchev–Trinajstić information content (AvgIpc) is 3.12. The largest absolute Gasteiger partial charge is 0.491 e. The average molecular weight is 482 g/mol. The van der Waals surface area contributed by atoms with Crippen LogP contribution in [-0.4, -0.2) is 41.0 Å². The van der Waals surface area contributed by atoms with E-state index in [1.807, 2.05) is 0 Å². The number of carbonyl (C=O) groups is 1. The molecule has 0 bridgehead atoms. The van der Waals surface area contributed by atoms with Crippen LogP contribution in [0.5, 0.6) is 5.75 Å². The number of rotatable bonds is 11. The van der Waals surface area contributed by atoms with Crippen molar-refractivity contribution in [2.24, 2.45) is 5.92 Å². The monoisotopic (exact) mass is 481 g/mol. The van der Waals surface area contributed by atoms with Crippen LogP contribution in [-0.2, 0) is 24.1 Å². The number of hydrogen-bond donors (Lipinski definition) is 3. The molecule has 0 fully saturated rings. The van der Waals surface area contributed by atoms with Gasteiger partial charge in [0, 0.05) is 23.5 Å². The van der Waals surface area contributed by atoms with E-state index in [0.29, 0.717) is 29.7 Å². The number of aliphatic carboxylic acids is 1. The second-order valence-electron chi connectivity index (χ2n) is 9.12. The third kappa shape index (κ3) is 7.96. The number of hydrogen-bond acceptors (Lipinski definition) is 4. The van der Waals surface area contributed by atoms with Gasteiger partial charge in [-0.25, -0.2) is 0 Å². The van der Waals surface area contributed by atoms with E-state index in [9.17, 15) is 9.90 Å². The molecule has 0 radical (unpaired) electrons. The van der Waals surface area contributed by atoms with Gasteiger partial charge in [-0.2, -0.15) is 0 Å². The van der Waals surface area contributed by atoms with Gasteiger partial charge < -0.3 is 20.3 Å². The molecule has 3 rings (SSSR count). The zero-order valence-electron chi connectivity index (χ0n) is 18.6. The molecule has 0 heterocycles. The summed E-state index contributed by atoms with van der Waals surface area (Å²) in [4.78, 5) is 10.8. The van der Waals surface area contributed by atoms with Gasteiger partial charge in [0.05, 0.1) is 0 Å². The van der Waals surface area contributed by atoms with Crippen molar-refractivity contribution in [1.29, 1.82) is 0 Å². The van der Waals surface area contributed by atoms with Crippen LogP contribution in [0, 0.1) is 5.92 Å². The quantitative estimate of drug-likeness (QED) is 0.433. The van der Waals surface area contributed by atoms with Crippen LogP contribution >= 0.6 is 24.0 Å². The summed E-state index contributed by atoms with van der Waals surface area (Å²) in [7, 11) is 0. The number of fused-ring (bicyclic) bond motifs is 1. The minimum Gasteiger partial charge on any atom is -0.491 e. The van der Waals surface area contributed by atoms with Crippen molar-refractivity contribution in [1.82, 2.24) is 5.32 Å². The molecule has 3 N–H and O–H groups in total. The summed E-state index contributed by atoms with van der Waals surface area (Å²) in [5, 5.41) is 23.2. The Bertz CT molecular complexity index is 878. The highest BCUT2D eigenvalue weighted by molar-refractivity contribution is 6.31. The lowest BCUT2D eigenvalue weighted by atomic mass is 9.88. The van der Waals surface area contributed by atoms with Gasteiger partial charge in [-0.1, -0.05) is 35.9 Å². The Morgan fingerprint density at radius 1 is 1.22 bits per heavy atom. The van der Waals surface area contributed by atoms with Crippen LogP contribution in [0.2, 0.25) is 5.02 Å². The predicted molar refractivity (Wildman–Crippen MR) is 130 cm³/mol. The smallest absolute Gasteiger partial charge is 0.303 e. The number of β-amino-alcohol motifs (C(OH)–C–C–N with tert-alkyl or cyclic N) is 1. The topological polar surface area (TPSA) is 78.8 Å². The number of carboxylic acids is 1. The number of carboxylic acid groups (broad SMARTS) is 1. The Kier molecular flexibility index (Phi) is 9.83. The first kappa shape index (κ1) is 26.5. The van der Waals surface area contributed by atoms with E-state index in [-0.39, 0.29) is 31.0 Å². The zero-order chi connectivity index (χ0) is 22.4. The molecule has 176 valence electrons. The Balaban J connectivity index is 0.00000363. The molecule has 0 amide bonds. The first-order chi connectivity index (χ1) is 14.7. The van der Waals surface area contributed by atoms with Crippen LogP contribution in [0.4, 0.5) is 0 Å². The zero-order valence-corrected chi connectivity index (χ0v) is 20.2. The summed E-state index contributed by atoms with van der Waals surface area (Å²) in [6.07, 6.45) is 2.98. The Hall–Kier alpha value is -1.79. The summed E-state index contributed by atoms with van der Waals surface area (Å²) in [5.74, 6) is 0.325. The standard InChI is InChI=1S/C25H32ClNO4.ClH/c1-25(2,14-17-11-18-5-3-4-6-19(18)12-17)27-15-21(28)16-31-22-8-9-23(26)20(13-22)7-10-24(29)30;/h3-6,8-9,13,17,21,27-28H,7,10-12,14-16H2,1-2H3,(H,29,30);1H/t21-;/m1./s1. The molecule has 0 spiro atoms. The van der Waals surface area contributed by atoms with Gasteiger partial charge >= 0.3 is 5.97 Å². The molecule has 32 heavy (non-hydrogen) atoms. The number of benzene rings is 2. The Labute approximate surface area is 201 Å². The van der Waals surface area contributed by atoms with Crippen molar-refractivity contribution in [3.8, 4) is 5.75 Å². The molecule has 0 aliphatic heterocycles. The Morgan fingerprint density at radius 2 is 1.88 bits per heavy atom. The fraction of sp³-hybridized carbons (Fsp3) is 0.480. The van der Waals surface area contributed by atoms with E-state index in [1.165, 1.54) is 11.1 Å². The van der Waals surface area contributed by atoms with Crippen LogP contribution in [0.1, 0.15) is 43.4 Å². The Morgan fingerprint density at radius 3 is 2.50 bits per heavy atom. The van der Waals surface area contributed by atoms with Crippen LogP contribution < -0.4 is 10.1 Å². The van der Waals surface area contributed by atoms with Crippen molar-refractivity contribution in [2.45, 2.75) is 57.6 Å². The lowest BCUT2D eigenvalue weighted by Crippen LogP contribution is -2.46. The maximum Gasteiger partial charge on any atom is 0.303 e. The highest BCUT2D eigenvalue weighted by atomic mass is 35.5. The number of halogens is 2. The predicted octanol–water partition coefficient (Wildman–Crippen LogP) is 4.69. The van der Waals surface area contributed by atoms with Gasteiger partial charge in [-0.3, -0.25) is 4.79 Å². The lowest BCUT2D eigenvalue weighted by Gasteiger charge is -2.30.